The molecule has 2 aromatic carbocycles. The van der Waals surface area contributed by atoms with Crippen molar-refractivity contribution in [3.63, 3.8) is 0 Å². The Hall–Kier alpha value is -4.01. The monoisotopic (exact) mass is 444 g/mol. The number of benzene rings is 2. The summed E-state index contributed by atoms with van der Waals surface area (Å²) in [5.41, 5.74) is 3.91. The van der Waals surface area contributed by atoms with Crippen molar-refractivity contribution in [2.75, 3.05) is 13.7 Å². The van der Waals surface area contributed by atoms with E-state index in [0.29, 0.717) is 29.5 Å². The zero-order chi connectivity index (χ0) is 22.9. The molecule has 0 bridgehead atoms. The summed E-state index contributed by atoms with van der Waals surface area (Å²) in [5.74, 6) is 1.57. The summed E-state index contributed by atoms with van der Waals surface area (Å²) in [6.07, 6.45) is 4.81. The third-order valence-electron chi connectivity index (χ3n) is 6.00. The van der Waals surface area contributed by atoms with Crippen LogP contribution in [0.3, 0.4) is 0 Å². The Kier molecular flexibility index (Phi) is 5.37. The van der Waals surface area contributed by atoms with E-state index in [1.807, 2.05) is 55.1 Å². The van der Waals surface area contributed by atoms with Crippen molar-refractivity contribution in [1.29, 1.82) is 0 Å². The van der Waals surface area contributed by atoms with Crippen molar-refractivity contribution >= 4 is 5.91 Å². The van der Waals surface area contributed by atoms with Crippen LogP contribution in [0.25, 0.3) is 17.1 Å². The van der Waals surface area contributed by atoms with Crippen molar-refractivity contribution in [2.45, 2.75) is 32.7 Å². The lowest BCUT2D eigenvalue weighted by Crippen LogP contribution is -2.32. The highest BCUT2D eigenvalue weighted by atomic mass is 16.5. The molecule has 3 heterocycles. The molecule has 0 saturated carbocycles. The predicted molar refractivity (Wildman–Crippen MR) is 120 cm³/mol. The number of aromatic nitrogens is 5. The highest BCUT2D eigenvalue weighted by Gasteiger charge is 2.35. The minimum Gasteiger partial charge on any atom is -0.496 e. The van der Waals surface area contributed by atoms with Gasteiger partial charge < -0.3 is 14.2 Å². The Bertz CT molecular complexity index is 1300. The van der Waals surface area contributed by atoms with Crippen molar-refractivity contribution < 1.29 is 14.1 Å². The fraction of sp³-hybridized carbons (Fsp3) is 0.292. The summed E-state index contributed by atoms with van der Waals surface area (Å²) in [6, 6.07) is 11.1. The van der Waals surface area contributed by atoms with Gasteiger partial charge in [-0.3, -0.25) is 4.79 Å². The number of hydrogen-bond acceptors (Lipinski definition) is 7. The van der Waals surface area contributed by atoms with Gasteiger partial charge in [-0.15, -0.1) is 0 Å². The smallest absolute Gasteiger partial charge is 0.258 e. The number of rotatable bonds is 5. The normalized spacial score (nSPS) is 15.7. The average molecular weight is 444 g/mol. The van der Waals surface area contributed by atoms with E-state index in [-0.39, 0.29) is 11.9 Å². The molecule has 2 aromatic heterocycles. The van der Waals surface area contributed by atoms with Crippen molar-refractivity contribution in [3.05, 3.63) is 71.3 Å². The molecule has 33 heavy (non-hydrogen) atoms. The van der Waals surface area contributed by atoms with Crippen LogP contribution in [0.15, 0.2) is 53.3 Å². The number of methoxy groups -OCH3 is 1. The van der Waals surface area contributed by atoms with Gasteiger partial charge in [0.1, 0.15) is 5.75 Å². The van der Waals surface area contributed by atoms with Crippen molar-refractivity contribution in [1.82, 2.24) is 30.0 Å². The van der Waals surface area contributed by atoms with Gasteiger partial charge in [0.05, 0.1) is 36.8 Å². The number of carbonyl (C=O) groups excluding carboxylic acids is 1. The molecule has 9 heteroatoms. The molecule has 168 valence electrons. The van der Waals surface area contributed by atoms with E-state index >= 15 is 0 Å². The Morgan fingerprint density at radius 3 is 2.76 bits per heavy atom. The summed E-state index contributed by atoms with van der Waals surface area (Å²) < 4.78 is 11.0. The molecule has 0 aliphatic carbocycles. The maximum Gasteiger partial charge on any atom is 0.258 e. The molecular formula is C24H24N6O3. The van der Waals surface area contributed by atoms with E-state index in [1.54, 1.807) is 19.5 Å². The standard InChI is InChI=1S/C24H24N6O3/c1-15-9-10-19(30-25-11-12-26-30)18(14-15)24(31)29-13-5-7-20(29)22-27-23(33-28-22)17-6-4-8-21(32-3)16(17)2/h4,6,8-12,14,20H,5,7,13H2,1-3H3/t20-/m0/s1. The SMILES string of the molecule is COc1cccc(-c2nc([C@@H]3CCCN3C(=O)c3cc(C)ccc3-n3nccn3)no2)c1C. The van der Waals surface area contributed by atoms with Gasteiger partial charge in [-0.05, 0) is 51.0 Å². The maximum absolute atomic E-state index is 13.7. The first-order chi connectivity index (χ1) is 16.1. The fourth-order valence-corrected chi connectivity index (χ4v) is 4.32. The van der Waals surface area contributed by atoms with Crippen LogP contribution < -0.4 is 4.74 Å². The summed E-state index contributed by atoms with van der Waals surface area (Å²) >= 11 is 0. The molecule has 0 spiro atoms. The number of hydrogen-bond donors (Lipinski definition) is 0. The van der Waals surface area contributed by atoms with E-state index < -0.39 is 0 Å². The van der Waals surface area contributed by atoms with Gasteiger partial charge in [-0.2, -0.15) is 20.0 Å². The third kappa shape index (κ3) is 3.75. The predicted octanol–water partition coefficient (Wildman–Crippen LogP) is 3.92. The van der Waals surface area contributed by atoms with E-state index in [4.69, 9.17) is 9.26 Å². The molecule has 1 saturated heterocycles. The minimum absolute atomic E-state index is 0.0996. The third-order valence-corrected chi connectivity index (χ3v) is 6.00. The van der Waals surface area contributed by atoms with Crippen LogP contribution in [0, 0.1) is 13.8 Å². The van der Waals surface area contributed by atoms with Crippen LogP contribution >= 0.6 is 0 Å². The first kappa shape index (κ1) is 20.9. The van der Waals surface area contributed by atoms with E-state index in [9.17, 15) is 4.79 Å². The highest BCUT2D eigenvalue weighted by molar-refractivity contribution is 5.98. The second kappa shape index (κ2) is 8.50. The molecule has 1 atom stereocenters. The number of nitrogens with zero attached hydrogens (tertiary/aromatic N) is 6. The minimum atomic E-state index is -0.264. The van der Waals surface area contributed by atoms with Crippen LogP contribution in [0.4, 0.5) is 0 Å². The topological polar surface area (TPSA) is 99.2 Å². The average Bonchev–Trinajstić information content (AvgIpc) is 3.60. The lowest BCUT2D eigenvalue weighted by atomic mass is 10.1. The zero-order valence-corrected chi connectivity index (χ0v) is 18.7. The summed E-state index contributed by atoms with van der Waals surface area (Å²) in [6.45, 7) is 4.53. The quantitative estimate of drug-likeness (QED) is 0.460. The van der Waals surface area contributed by atoms with E-state index in [1.165, 1.54) is 4.80 Å². The lowest BCUT2D eigenvalue weighted by Gasteiger charge is -2.23. The van der Waals surface area contributed by atoms with Crippen LogP contribution in [0.2, 0.25) is 0 Å². The zero-order valence-electron chi connectivity index (χ0n) is 18.7. The van der Waals surface area contributed by atoms with Gasteiger partial charge in [0.15, 0.2) is 5.82 Å². The number of ether oxygens (including phenoxy) is 1. The highest BCUT2D eigenvalue weighted by Crippen LogP contribution is 2.35. The van der Waals surface area contributed by atoms with Gasteiger partial charge in [-0.1, -0.05) is 22.9 Å². The second-order valence-electron chi connectivity index (χ2n) is 8.09. The first-order valence-electron chi connectivity index (χ1n) is 10.8. The number of likely N-dealkylation sites (tertiary alicyclic amines) is 1. The fourth-order valence-electron chi connectivity index (χ4n) is 4.32. The molecule has 1 aliphatic rings. The van der Waals surface area contributed by atoms with Crippen molar-refractivity contribution in [2.24, 2.45) is 0 Å². The van der Waals surface area contributed by atoms with Gasteiger partial charge in [0.2, 0.25) is 0 Å². The van der Waals surface area contributed by atoms with Crippen LogP contribution in [-0.4, -0.2) is 49.6 Å². The first-order valence-corrected chi connectivity index (χ1v) is 10.8. The van der Waals surface area contributed by atoms with Crippen LogP contribution in [0.1, 0.15) is 46.2 Å². The van der Waals surface area contributed by atoms with Gasteiger partial charge in [0, 0.05) is 17.7 Å². The molecule has 0 unspecified atom stereocenters. The van der Waals surface area contributed by atoms with Gasteiger partial charge in [0.25, 0.3) is 11.8 Å². The molecular weight excluding hydrogens is 420 g/mol. The molecule has 9 nitrogen and oxygen atoms in total. The molecule has 0 radical (unpaired) electrons. The molecule has 1 aliphatic heterocycles. The second-order valence-corrected chi connectivity index (χ2v) is 8.09. The number of amides is 1. The molecule has 4 aromatic rings. The Morgan fingerprint density at radius 2 is 1.97 bits per heavy atom. The van der Waals surface area contributed by atoms with E-state index in [2.05, 4.69) is 20.3 Å². The number of carbonyl (C=O) groups is 1. The molecule has 0 N–H and O–H groups in total. The summed E-state index contributed by atoms with van der Waals surface area (Å²) in [5, 5.41) is 12.7. The Morgan fingerprint density at radius 1 is 1.15 bits per heavy atom. The summed E-state index contributed by atoms with van der Waals surface area (Å²) in [4.78, 5) is 21.6. The van der Waals surface area contributed by atoms with Gasteiger partial charge in [-0.25, -0.2) is 0 Å². The number of aryl methyl sites for hydroxylation is 1. The molecule has 5 rings (SSSR count). The van der Waals surface area contributed by atoms with Crippen LogP contribution in [-0.2, 0) is 0 Å². The lowest BCUT2D eigenvalue weighted by molar-refractivity contribution is 0.0728. The maximum atomic E-state index is 13.7. The Labute approximate surface area is 191 Å². The molecule has 1 fully saturated rings. The van der Waals surface area contributed by atoms with Crippen LogP contribution in [0.5, 0.6) is 5.75 Å². The summed E-state index contributed by atoms with van der Waals surface area (Å²) in [7, 11) is 1.63. The van der Waals surface area contributed by atoms with Crippen molar-refractivity contribution in [3.8, 4) is 22.9 Å². The van der Waals surface area contributed by atoms with Gasteiger partial charge >= 0.3 is 0 Å². The largest absolute Gasteiger partial charge is 0.496 e. The van der Waals surface area contributed by atoms with E-state index in [0.717, 1.165) is 35.3 Å². The Balaban J connectivity index is 1.47. The molecule has 1 amide bonds.